The van der Waals surface area contributed by atoms with Crippen LogP contribution in [-0.4, -0.2) is 10.7 Å². The van der Waals surface area contributed by atoms with Crippen LogP contribution in [0.4, 0.5) is 17.6 Å². The lowest BCUT2D eigenvalue weighted by atomic mass is 9.95. The third-order valence-electron chi connectivity index (χ3n) is 5.41. The zero-order valence-corrected chi connectivity index (χ0v) is 15.6. The number of halogens is 4. The molecule has 3 aromatic rings. The molecule has 0 radical (unpaired) electrons. The Morgan fingerprint density at radius 1 is 0.867 bits per heavy atom. The SMILES string of the molecule is Fc1ccc(C2=NN3[C@@H](c4ccccc4C(F)(F)F)Oc4ccccc4[C@@H]3C2)cc1. The molecule has 5 rings (SSSR count). The van der Waals surface area contributed by atoms with Gasteiger partial charge in [0.25, 0.3) is 0 Å². The zero-order valence-electron chi connectivity index (χ0n) is 15.6. The van der Waals surface area contributed by atoms with E-state index in [-0.39, 0.29) is 17.4 Å². The summed E-state index contributed by atoms with van der Waals surface area (Å²) in [6.07, 6.45) is -5.06. The van der Waals surface area contributed by atoms with Gasteiger partial charge >= 0.3 is 6.18 Å². The molecule has 0 fully saturated rings. The molecule has 0 bridgehead atoms. The van der Waals surface area contributed by atoms with E-state index in [2.05, 4.69) is 5.10 Å². The third kappa shape index (κ3) is 3.10. The molecule has 0 unspecified atom stereocenters. The van der Waals surface area contributed by atoms with Crippen LogP contribution in [0.2, 0.25) is 0 Å². The van der Waals surface area contributed by atoms with Crippen molar-refractivity contribution in [3.63, 3.8) is 0 Å². The second-order valence-electron chi connectivity index (χ2n) is 7.25. The maximum Gasteiger partial charge on any atom is 0.416 e. The van der Waals surface area contributed by atoms with Crippen molar-refractivity contribution in [2.75, 3.05) is 0 Å². The van der Waals surface area contributed by atoms with E-state index in [1.165, 1.54) is 24.3 Å². The van der Waals surface area contributed by atoms with Crippen LogP contribution in [0, 0.1) is 5.82 Å². The fourth-order valence-electron chi connectivity index (χ4n) is 4.03. The Morgan fingerprint density at radius 3 is 2.27 bits per heavy atom. The number of alkyl halides is 3. The highest BCUT2D eigenvalue weighted by Crippen LogP contribution is 2.49. The fraction of sp³-hybridized carbons (Fsp3) is 0.174. The summed E-state index contributed by atoms with van der Waals surface area (Å²) in [6, 6.07) is 18.3. The van der Waals surface area contributed by atoms with E-state index in [0.717, 1.165) is 17.2 Å². The molecule has 0 saturated heterocycles. The molecule has 2 atom stereocenters. The minimum absolute atomic E-state index is 0.00797. The highest BCUT2D eigenvalue weighted by atomic mass is 19.4. The second kappa shape index (κ2) is 6.86. The van der Waals surface area contributed by atoms with Crippen molar-refractivity contribution in [1.82, 2.24) is 5.01 Å². The summed E-state index contributed by atoms with van der Waals surface area (Å²) < 4.78 is 60.4. The van der Waals surface area contributed by atoms with Crippen molar-refractivity contribution in [1.29, 1.82) is 0 Å². The first-order chi connectivity index (χ1) is 14.4. The van der Waals surface area contributed by atoms with Gasteiger partial charge in [0.1, 0.15) is 11.6 Å². The van der Waals surface area contributed by atoms with Crippen molar-refractivity contribution in [2.45, 2.75) is 24.9 Å². The van der Waals surface area contributed by atoms with Crippen LogP contribution >= 0.6 is 0 Å². The number of hydrazone groups is 1. The normalized spacial score (nSPS) is 20.3. The number of ether oxygens (including phenoxy) is 1. The molecule has 0 N–H and O–H groups in total. The topological polar surface area (TPSA) is 24.8 Å². The van der Waals surface area contributed by atoms with Gasteiger partial charge in [0.05, 0.1) is 17.3 Å². The smallest absolute Gasteiger partial charge is 0.416 e. The molecule has 2 aliphatic rings. The Balaban J connectivity index is 1.63. The molecule has 152 valence electrons. The average molecular weight is 412 g/mol. The van der Waals surface area contributed by atoms with E-state index in [0.29, 0.717) is 17.9 Å². The molecule has 0 amide bonds. The Hall–Kier alpha value is -3.35. The van der Waals surface area contributed by atoms with Gasteiger partial charge < -0.3 is 4.74 Å². The standard InChI is InChI=1S/C23H16F4N2O/c24-15-11-9-14(10-12-15)19-13-20-17-6-2-4-8-21(17)30-22(29(20)28-19)16-5-1-3-7-18(16)23(25,26)27/h1-12,20,22H,13H2/t20-,22+/m0/s1. The van der Waals surface area contributed by atoms with E-state index in [4.69, 9.17) is 4.74 Å². The fourth-order valence-corrected chi connectivity index (χ4v) is 4.03. The van der Waals surface area contributed by atoms with E-state index in [1.807, 2.05) is 12.1 Å². The Morgan fingerprint density at radius 2 is 1.53 bits per heavy atom. The minimum Gasteiger partial charge on any atom is -0.464 e. The first kappa shape index (κ1) is 18.7. The lowest BCUT2D eigenvalue weighted by Gasteiger charge is -2.38. The van der Waals surface area contributed by atoms with Crippen molar-refractivity contribution in [3.05, 3.63) is 101 Å². The maximum absolute atomic E-state index is 13.7. The summed E-state index contributed by atoms with van der Waals surface area (Å²) in [5, 5.41) is 6.21. The summed E-state index contributed by atoms with van der Waals surface area (Å²) >= 11 is 0. The summed E-state index contributed by atoms with van der Waals surface area (Å²) in [7, 11) is 0. The summed E-state index contributed by atoms with van der Waals surface area (Å²) in [5.74, 6) is 0.178. The monoisotopic (exact) mass is 412 g/mol. The van der Waals surface area contributed by atoms with Crippen LogP contribution in [-0.2, 0) is 6.18 Å². The van der Waals surface area contributed by atoms with Gasteiger partial charge in [0, 0.05) is 17.5 Å². The quantitative estimate of drug-likeness (QED) is 0.476. The van der Waals surface area contributed by atoms with Crippen LogP contribution in [0.15, 0.2) is 77.9 Å². The summed E-state index contributed by atoms with van der Waals surface area (Å²) in [6.45, 7) is 0. The van der Waals surface area contributed by atoms with E-state index in [1.54, 1.807) is 35.3 Å². The molecular weight excluding hydrogens is 396 g/mol. The number of benzene rings is 3. The lowest BCUT2D eigenvalue weighted by molar-refractivity contribution is -0.140. The molecule has 0 aromatic heterocycles. The van der Waals surface area contributed by atoms with Gasteiger partial charge in [-0.3, -0.25) is 0 Å². The number of nitrogens with zero attached hydrogens (tertiary/aromatic N) is 2. The number of hydrogen-bond acceptors (Lipinski definition) is 3. The van der Waals surface area contributed by atoms with Gasteiger partial charge in [-0.2, -0.15) is 18.3 Å². The molecule has 30 heavy (non-hydrogen) atoms. The van der Waals surface area contributed by atoms with Crippen LogP contribution < -0.4 is 4.74 Å². The molecule has 0 aliphatic carbocycles. The number of rotatable bonds is 2. The first-order valence-corrected chi connectivity index (χ1v) is 9.45. The predicted octanol–water partition coefficient (Wildman–Crippen LogP) is 6.09. The molecule has 0 saturated carbocycles. The van der Waals surface area contributed by atoms with Crippen molar-refractivity contribution in [3.8, 4) is 5.75 Å². The lowest BCUT2D eigenvalue weighted by Crippen LogP contribution is -2.35. The molecular formula is C23H16F4N2O. The largest absolute Gasteiger partial charge is 0.464 e. The maximum atomic E-state index is 13.7. The van der Waals surface area contributed by atoms with Gasteiger partial charge in [-0.15, -0.1) is 0 Å². The molecule has 2 aliphatic heterocycles. The number of fused-ring (bicyclic) bond motifs is 3. The minimum atomic E-state index is -4.52. The van der Waals surface area contributed by atoms with Crippen LogP contribution in [0.1, 0.15) is 40.9 Å². The van der Waals surface area contributed by atoms with Gasteiger partial charge in [-0.05, 0) is 29.8 Å². The zero-order chi connectivity index (χ0) is 20.9. The molecule has 3 nitrogen and oxygen atoms in total. The Labute approximate surface area is 170 Å². The first-order valence-electron chi connectivity index (χ1n) is 9.45. The summed E-state index contributed by atoms with van der Waals surface area (Å²) in [4.78, 5) is 0. The average Bonchev–Trinajstić information content (AvgIpc) is 3.19. The van der Waals surface area contributed by atoms with Crippen LogP contribution in [0.5, 0.6) is 5.75 Å². The van der Waals surface area contributed by atoms with E-state index >= 15 is 0 Å². The Kier molecular flexibility index (Phi) is 4.27. The molecule has 0 spiro atoms. The third-order valence-corrected chi connectivity index (χ3v) is 5.41. The van der Waals surface area contributed by atoms with Gasteiger partial charge in [-0.25, -0.2) is 9.40 Å². The van der Waals surface area contributed by atoms with Gasteiger partial charge in [0.15, 0.2) is 0 Å². The second-order valence-corrected chi connectivity index (χ2v) is 7.25. The van der Waals surface area contributed by atoms with Gasteiger partial charge in [0.2, 0.25) is 6.23 Å². The van der Waals surface area contributed by atoms with Crippen molar-refractivity contribution in [2.24, 2.45) is 5.10 Å². The van der Waals surface area contributed by atoms with Crippen molar-refractivity contribution < 1.29 is 22.3 Å². The molecule has 2 heterocycles. The summed E-state index contributed by atoms with van der Waals surface area (Å²) in [5.41, 5.74) is 1.52. The number of para-hydroxylation sites is 1. The highest BCUT2D eigenvalue weighted by molar-refractivity contribution is 6.01. The highest BCUT2D eigenvalue weighted by Gasteiger charge is 2.44. The van der Waals surface area contributed by atoms with Crippen LogP contribution in [0.25, 0.3) is 0 Å². The van der Waals surface area contributed by atoms with Crippen LogP contribution in [0.3, 0.4) is 0 Å². The number of hydrogen-bond donors (Lipinski definition) is 0. The van der Waals surface area contributed by atoms with Crippen molar-refractivity contribution >= 4 is 5.71 Å². The molecule has 7 heteroatoms. The van der Waals surface area contributed by atoms with E-state index < -0.39 is 18.0 Å². The molecule has 3 aromatic carbocycles. The van der Waals surface area contributed by atoms with Gasteiger partial charge in [-0.1, -0.05) is 48.5 Å². The Bertz CT molecular complexity index is 1120. The predicted molar refractivity (Wildman–Crippen MR) is 103 cm³/mol. The van der Waals surface area contributed by atoms with E-state index in [9.17, 15) is 17.6 Å².